The van der Waals surface area contributed by atoms with Crippen molar-refractivity contribution < 1.29 is 19.1 Å². The summed E-state index contributed by atoms with van der Waals surface area (Å²) in [6.07, 6.45) is 0. The van der Waals surface area contributed by atoms with Gasteiger partial charge in [-0.1, -0.05) is 42.5 Å². The van der Waals surface area contributed by atoms with Crippen LogP contribution >= 0.6 is 0 Å². The number of hydrogen-bond acceptors (Lipinski definition) is 5. The van der Waals surface area contributed by atoms with Crippen molar-refractivity contribution in [2.45, 2.75) is 27.3 Å². The second-order valence-electron chi connectivity index (χ2n) is 8.68. The zero-order valence-electron chi connectivity index (χ0n) is 20.9. The van der Waals surface area contributed by atoms with Gasteiger partial charge in [-0.25, -0.2) is 4.79 Å². The Balaban J connectivity index is 1.60. The van der Waals surface area contributed by atoms with Crippen LogP contribution in [0.1, 0.15) is 44.6 Å². The van der Waals surface area contributed by atoms with Crippen LogP contribution in [0.5, 0.6) is 5.75 Å². The Labute approximate surface area is 206 Å². The molecule has 0 N–H and O–H groups in total. The van der Waals surface area contributed by atoms with E-state index >= 15 is 0 Å². The maximum atomic E-state index is 13.7. The molecular formula is C28H33N3O4. The van der Waals surface area contributed by atoms with Crippen LogP contribution in [0.25, 0.3) is 0 Å². The molecule has 184 valence electrons. The largest absolute Gasteiger partial charge is 0.495 e. The Bertz CT molecular complexity index is 1190. The lowest BCUT2D eigenvalue weighted by Crippen LogP contribution is -2.49. The van der Waals surface area contributed by atoms with E-state index in [9.17, 15) is 9.59 Å². The molecular weight excluding hydrogens is 442 g/mol. The van der Waals surface area contributed by atoms with Crippen molar-refractivity contribution in [2.75, 3.05) is 44.8 Å². The predicted molar refractivity (Wildman–Crippen MR) is 137 cm³/mol. The third kappa shape index (κ3) is 4.90. The SMILES string of the molecule is CCOC(=O)c1c(C)c(C(=O)N2CCN(c3ccccc3OC)CC2)c(C)n1Cc1ccccc1. The van der Waals surface area contributed by atoms with Gasteiger partial charge in [-0.15, -0.1) is 0 Å². The number of methoxy groups -OCH3 is 1. The summed E-state index contributed by atoms with van der Waals surface area (Å²) in [5.74, 6) is 0.386. The highest BCUT2D eigenvalue weighted by molar-refractivity contribution is 6.01. The van der Waals surface area contributed by atoms with E-state index < -0.39 is 5.97 Å². The van der Waals surface area contributed by atoms with Crippen molar-refractivity contribution in [1.82, 2.24) is 9.47 Å². The van der Waals surface area contributed by atoms with Crippen molar-refractivity contribution >= 4 is 17.6 Å². The molecule has 1 aliphatic rings. The first-order chi connectivity index (χ1) is 17.0. The molecule has 2 heterocycles. The van der Waals surface area contributed by atoms with Gasteiger partial charge in [0.05, 0.1) is 25.0 Å². The number of nitrogens with zero attached hydrogens (tertiary/aromatic N) is 3. The molecule has 1 amide bonds. The number of amides is 1. The van der Waals surface area contributed by atoms with Gasteiger partial charge in [-0.05, 0) is 44.0 Å². The fourth-order valence-electron chi connectivity index (χ4n) is 4.84. The molecule has 0 unspecified atom stereocenters. The molecule has 0 saturated carbocycles. The summed E-state index contributed by atoms with van der Waals surface area (Å²) in [5, 5.41) is 0. The van der Waals surface area contributed by atoms with Crippen LogP contribution < -0.4 is 9.64 Å². The first-order valence-electron chi connectivity index (χ1n) is 12.0. The van der Waals surface area contributed by atoms with Crippen molar-refractivity contribution in [3.05, 3.63) is 82.7 Å². The smallest absolute Gasteiger partial charge is 0.355 e. The second-order valence-corrected chi connectivity index (χ2v) is 8.68. The van der Waals surface area contributed by atoms with Crippen LogP contribution in [-0.2, 0) is 11.3 Å². The molecule has 1 aromatic heterocycles. The van der Waals surface area contributed by atoms with Gasteiger partial charge in [0.15, 0.2) is 0 Å². The molecule has 35 heavy (non-hydrogen) atoms. The van der Waals surface area contributed by atoms with Crippen LogP contribution in [0.15, 0.2) is 54.6 Å². The summed E-state index contributed by atoms with van der Waals surface area (Å²) in [5.41, 5.74) is 4.59. The van der Waals surface area contributed by atoms with Gasteiger partial charge in [-0.3, -0.25) is 4.79 Å². The van der Waals surface area contributed by atoms with Gasteiger partial charge in [0, 0.05) is 38.4 Å². The summed E-state index contributed by atoms with van der Waals surface area (Å²) in [6, 6.07) is 17.9. The molecule has 3 aromatic rings. The summed E-state index contributed by atoms with van der Waals surface area (Å²) in [7, 11) is 1.67. The van der Waals surface area contributed by atoms with E-state index in [-0.39, 0.29) is 12.5 Å². The number of piperazine rings is 1. The van der Waals surface area contributed by atoms with Crippen molar-refractivity contribution in [2.24, 2.45) is 0 Å². The predicted octanol–water partition coefficient (Wildman–Crippen LogP) is 4.30. The molecule has 1 aliphatic heterocycles. The van der Waals surface area contributed by atoms with E-state index in [1.165, 1.54) is 0 Å². The fraction of sp³-hybridized carbons (Fsp3) is 0.357. The molecule has 0 atom stereocenters. The molecule has 0 aliphatic carbocycles. The lowest BCUT2D eigenvalue weighted by atomic mass is 10.1. The van der Waals surface area contributed by atoms with Crippen LogP contribution in [-0.4, -0.2) is 61.2 Å². The first-order valence-corrected chi connectivity index (χ1v) is 12.0. The minimum absolute atomic E-state index is 0.0444. The standard InChI is InChI=1S/C28H33N3O4/c1-5-35-28(33)26-20(2)25(21(3)31(26)19-22-11-7-6-8-12-22)27(32)30-17-15-29(16-18-30)23-13-9-10-14-24(23)34-4/h6-14H,5,15-19H2,1-4H3. The van der Waals surface area contributed by atoms with Crippen LogP contribution in [0.2, 0.25) is 0 Å². The molecule has 1 saturated heterocycles. The summed E-state index contributed by atoms with van der Waals surface area (Å²) < 4.78 is 12.8. The highest BCUT2D eigenvalue weighted by atomic mass is 16.5. The number of esters is 1. The molecule has 0 spiro atoms. The average Bonchev–Trinajstić information content (AvgIpc) is 3.13. The number of hydrogen-bond donors (Lipinski definition) is 0. The van der Waals surface area contributed by atoms with E-state index in [2.05, 4.69) is 4.90 Å². The second kappa shape index (κ2) is 10.7. The quantitative estimate of drug-likeness (QED) is 0.477. The third-order valence-electron chi connectivity index (χ3n) is 6.63. The Morgan fingerprint density at radius 1 is 0.914 bits per heavy atom. The van der Waals surface area contributed by atoms with Crippen LogP contribution in [0.3, 0.4) is 0 Å². The minimum atomic E-state index is -0.399. The number of aromatic nitrogens is 1. The number of rotatable bonds is 7. The molecule has 0 bridgehead atoms. The number of anilines is 1. The normalized spacial score (nSPS) is 13.6. The zero-order valence-corrected chi connectivity index (χ0v) is 20.9. The van der Waals surface area contributed by atoms with Crippen molar-refractivity contribution in [3.63, 3.8) is 0 Å². The Morgan fingerprint density at radius 2 is 1.57 bits per heavy atom. The number of benzene rings is 2. The first kappa shape index (κ1) is 24.4. The van der Waals surface area contributed by atoms with E-state index in [0.29, 0.717) is 49.5 Å². The lowest BCUT2D eigenvalue weighted by molar-refractivity contribution is 0.0513. The summed E-state index contributed by atoms with van der Waals surface area (Å²) >= 11 is 0. The van der Waals surface area contributed by atoms with Gasteiger partial charge in [0.1, 0.15) is 11.4 Å². The summed E-state index contributed by atoms with van der Waals surface area (Å²) in [6.45, 7) is 8.93. The number of carbonyl (C=O) groups excluding carboxylic acids is 2. The van der Waals surface area contributed by atoms with E-state index in [4.69, 9.17) is 9.47 Å². The van der Waals surface area contributed by atoms with E-state index in [0.717, 1.165) is 22.7 Å². The molecule has 1 fully saturated rings. The van der Waals surface area contributed by atoms with Gasteiger partial charge in [-0.2, -0.15) is 0 Å². The van der Waals surface area contributed by atoms with Crippen molar-refractivity contribution in [1.29, 1.82) is 0 Å². The maximum absolute atomic E-state index is 13.7. The third-order valence-corrected chi connectivity index (χ3v) is 6.63. The van der Waals surface area contributed by atoms with Gasteiger partial charge < -0.3 is 23.8 Å². The molecule has 2 aromatic carbocycles. The zero-order chi connectivity index (χ0) is 24.9. The average molecular weight is 476 g/mol. The van der Waals surface area contributed by atoms with Crippen molar-refractivity contribution in [3.8, 4) is 5.75 Å². The highest BCUT2D eigenvalue weighted by Gasteiger charge is 2.31. The maximum Gasteiger partial charge on any atom is 0.355 e. The Morgan fingerprint density at radius 3 is 2.23 bits per heavy atom. The van der Waals surface area contributed by atoms with Gasteiger partial charge in [0.2, 0.25) is 0 Å². The molecule has 4 rings (SSSR count). The Hall–Kier alpha value is -3.74. The fourth-order valence-corrected chi connectivity index (χ4v) is 4.84. The van der Waals surface area contributed by atoms with E-state index in [1.54, 1.807) is 14.0 Å². The monoisotopic (exact) mass is 475 g/mol. The van der Waals surface area contributed by atoms with Crippen LogP contribution in [0.4, 0.5) is 5.69 Å². The molecule has 0 radical (unpaired) electrons. The number of para-hydroxylation sites is 2. The number of carbonyl (C=O) groups is 2. The topological polar surface area (TPSA) is 64.0 Å². The lowest BCUT2D eigenvalue weighted by Gasteiger charge is -2.36. The van der Waals surface area contributed by atoms with Gasteiger partial charge in [0.25, 0.3) is 5.91 Å². The van der Waals surface area contributed by atoms with Gasteiger partial charge >= 0.3 is 5.97 Å². The van der Waals surface area contributed by atoms with Crippen LogP contribution in [0, 0.1) is 13.8 Å². The Kier molecular flexibility index (Phi) is 7.44. The minimum Gasteiger partial charge on any atom is -0.495 e. The van der Waals surface area contributed by atoms with E-state index in [1.807, 2.05) is 77.9 Å². The highest BCUT2D eigenvalue weighted by Crippen LogP contribution is 2.30. The molecule has 7 heteroatoms. The molecule has 7 nitrogen and oxygen atoms in total. The number of ether oxygens (including phenoxy) is 2. The summed E-state index contributed by atoms with van der Waals surface area (Å²) in [4.78, 5) is 30.8.